The number of nitrogens with zero attached hydrogens (tertiary/aromatic N) is 1. The number of carbonyl (C=O) groups is 1. The van der Waals surface area contributed by atoms with Crippen molar-refractivity contribution in [2.24, 2.45) is 11.7 Å². The van der Waals surface area contributed by atoms with E-state index >= 15 is 0 Å². The van der Waals surface area contributed by atoms with Gasteiger partial charge in [-0.1, -0.05) is 0 Å². The van der Waals surface area contributed by atoms with E-state index in [1.165, 1.54) is 0 Å². The Labute approximate surface area is 94.1 Å². The summed E-state index contributed by atoms with van der Waals surface area (Å²) < 4.78 is 10.1. The van der Waals surface area contributed by atoms with Crippen LogP contribution in [0.3, 0.4) is 0 Å². The molecule has 1 aromatic rings. The van der Waals surface area contributed by atoms with Crippen LogP contribution < -0.4 is 5.73 Å². The fraction of sp³-hybridized carbons (Fsp3) is 0.545. The van der Waals surface area contributed by atoms with Gasteiger partial charge in [-0.3, -0.25) is 4.79 Å². The van der Waals surface area contributed by atoms with Crippen molar-refractivity contribution in [1.82, 2.24) is 4.90 Å². The average Bonchev–Trinajstić information content (AvgIpc) is 2.88. The standard InChI is InChI=1S/C11H16N2O3/c1-13(4-8-2-3-15-5-8)11(14)9-6-16-7-10(9)12/h2-3,5,9-10H,4,6-7,12H2,1H3. The third kappa shape index (κ3) is 2.25. The highest BCUT2D eigenvalue weighted by atomic mass is 16.5. The first kappa shape index (κ1) is 11.2. The van der Waals surface area contributed by atoms with E-state index in [4.69, 9.17) is 14.9 Å². The van der Waals surface area contributed by atoms with Crippen LogP contribution in [0, 0.1) is 5.92 Å². The molecule has 1 aromatic heterocycles. The minimum atomic E-state index is -0.211. The molecular weight excluding hydrogens is 208 g/mol. The zero-order valence-corrected chi connectivity index (χ0v) is 9.26. The number of nitrogens with two attached hydrogens (primary N) is 1. The largest absolute Gasteiger partial charge is 0.472 e. The van der Waals surface area contributed by atoms with Crippen LogP contribution in [-0.2, 0) is 16.1 Å². The lowest BCUT2D eigenvalue weighted by Crippen LogP contribution is -2.41. The van der Waals surface area contributed by atoms with E-state index < -0.39 is 0 Å². The lowest BCUT2D eigenvalue weighted by molar-refractivity contribution is -0.135. The fourth-order valence-corrected chi connectivity index (χ4v) is 1.84. The predicted molar refractivity (Wildman–Crippen MR) is 57.5 cm³/mol. The maximum Gasteiger partial charge on any atom is 0.229 e. The summed E-state index contributed by atoms with van der Waals surface area (Å²) in [7, 11) is 1.76. The summed E-state index contributed by atoms with van der Waals surface area (Å²) >= 11 is 0. The van der Waals surface area contributed by atoms with Crippen molar-refractivity contribution in [3.05, 3.63) is 24.2 Å². The van der Waals surface area contributed by atoms with Gasteiger partial charge in [-0.25, -0.2) is 0 Å². The molecule has 1 fully saturated rings. The Balaban J connectivity index is 1.94. The first-order chi connectivity index (χ1) is 7.68. The highest BCUT2D eigenvalue weighted by Crippen LogP contribution is 2.15. The Morgan fingerprint density at radius 3 is 3.00 bits per heavy atom. The van der Waals surface area contributed by atoms with Gasteiger partial charge in [0.25, 0.3) is 0 Å². The monoisotopic (exact) mass is 224 g/mol. The van der Waals surface area contributed by atoms with Crippen LogP contribution in [0.1, 0.15) is 5.56 Å². The second-order valence-electron chi connectivity index (χ2n) is 4.13. The van der Waals surface area contributed by atoms with Gasteiger partial charge in [0.15, 0.2) is 0 Å². The summed E-state index contributed by atoms with van der Waals surface area (Å²) in [4.78, 5) is 13.7. The molecule has 2 N–H and O–H groups in total. The molecule has 0 radical (unpaired) electrons. The van der Waals surface area contributed by atoms with Crippen LogP contribution in [0.2, 0.25) is 0 Å². The first-order valence-electron chi connectivity index (χ1n) is 5.28. The number of furan rings is 1. The van der Waals surface area contributed by atoms with Gasteiger partial charge in [0.05, 0.1) is 31.7 Å². The van der Waals surface area contributed by atoms with Gasteiger partial charge in [0.1, 0.15) is 0 Å². The summed E-state index contributed by atoms with van der Waals surface area (Å²) in [5.41, 5.74) is 6.78. The minimum absolute atomic E-state index is 0.0335. The molecule has 1 aliphatic heterocycles. The summed E-state index contributed by atoms with van der Waals surface area (Å²) in [6.07, 6.45) is 3.23. The van der Waals surface area contributed by atoms with E-state index in [-0.39, 0.29) is 17.9 Å². The zero-order chi connectivity index (χ0) is 11.5. The van der Waals surface area contributed by atoms with E-state index in [0.717, 1.165) is 5.56 Å². The Kier molecular flexibility index (Phi) is 3.26. The normalized spacial score (nSPS) is 24.6. The number of ether oxygens (including phenoxy) is 1. The van der Waals surface area contributed by atoms with Crippen LogP contribution in [0.5, 0.6) is 0 Å². The summed E-state index contributed by atoms with van der Waals surface area (Å²) in [6.45, 7) is 1.43. The summed E-state index contributed by atoms with van der Waals surface area (Å²) in [6, 6.07) is 1.66. The molecule has 1 aliphatic rings. The Morgan fingerprint density at radius 2 is 2.44 bits per heavy atom. The maximum atomic E-state index is 12.0. The highest BCUT2D eigenvalue weighted by Gasteiger charge is 2.33. The molecule has 88 valence electrons. The number of carbonyl (C=O) groups excluding carboxylic acids is 1. The third-order valence-corrected chi connectivity index (χ3v) is 2.82. The van der Waals surface area contributed by atoms with Crippen LogP contribution in [-0.4, -0.2) is 37.1 Å². The minimum Gasteiger partial charge on any atom is -0.472 e. The third-order valence-electron chi connectivity index (χ3n) is 2.82. The lowest BCUT2D eigenvalue weighted by atomic mass is 10.0. The molecule has 0 aliphatic carbocycles. The van der Waals surface area contributed by atoms with Gasteiger partial charge < -0.3 is 19.8 Å². The van der Waals surface area contributed by atoms with E-state index in [0.29, 0.717) is 19.8 Å². The molecule has 1 amide bonds. The molecule has 2 atom stereocenters. The van der Waals surface area contributed by atoms with Crippen LogP contribution in [0.25, 0.3) is 0 Å². The van der Waals surface area contributed by atoms with Crippen molar-refractivity contribution in [1.29, 1.82) is 0 Å². The Bertz CT molecular complexity index is 350. The maximum absolute atomic E-state index is 12.0. The predicted octanol–water partition coefficient (Wildman–Crippen LogP) is 0.212. The summed E-state index contributed by atoms with van der Waals surface area (Å²) in [5.74, 6) is -0.178. The van der Waals surface area contributed by atoms with Gasteiger partial charge in [-0.05, 0) is 6.07 Å². The van der Waals surface area contributed by atoms with Crippen molar-refractivity contribution in [3.8, 4) is 0 Å². The van der Waals surface area contributed by atoms with Gasteiger partial charge in [-0.15, -0.1) is 0 Å². The molecule has 0 saturated carbocycles. The molecule has 0 bridgehead atoms. The van der Waals surface area contributed by atoms with Gasteiger partial charge in [0.2, 0.25) is 5.91 Å². The van der Waals surface area contributed by atoms with Crippen molar-refractivity contribution in [3.63, 3.8) is 0 Å². The van der Waals surface area contributed by atoms with Crippen molar-refractivity contribution in [2.45, 2.75) is 12.6 Å². The van der Waals surface area contributed by atoms with Gasteiger partial charge in [0, 0.05) is 25.2 Å². The van der Waals surface area contributed by atoms with Crippen LogP contribution in [0.4, 0.5) is 0 Å². The highest BCUT2D eigenvalue weighted by molar-refractivity contribution is 5.79. The van der Waals surface area contributed by atoms with Crippen LogP contribution >= 0.6 is 0 Å². The van der Waals surface area contributed by atoms with E-state index in [9.17, 15) is 4.79 Å². The molecule has 16 heavy (non-hydrogen) atoms. The topological polar surface area (TPSA) is 68.7 Å². The van der Waals surface area contributed by atoms with Crippen molar-refractivity contribution in [2.75, 3.05) is 20.3 Å². The Morgan fingerprint density at radius 1 is 1.62 bits per heavy atom. The van der Waals surface area contributed by atoms with Crippen LogP contribution in [0.15, 0.2) is 23.0 Å². The van der Waals surface area contributed by atoms with E-state index in [1.54, 1.807) is 24.5 Å². The molecule has 5 heteroatoms. The van der Waals surface area contributed by atoms with Crippen molar-refractivity contribution >= 4 is 5.91 Å². The number of hydrogen-bond donors (Lipinski definition) is 1. The number of amides is 1. The second kappa shape index (κ2) is 4.67. The molecule has 1 saturated heterocycles. The lowest BCUT2D eigenvalue weighted by Gasteiger charge is -2.21. The number of rotatable bonds is 3. The molecular formula is C11H16N2O3. The van der Waals surface area contributed by atoms with E-state index in [1.807, 2.05) is 6.07 Å². The molecule has 2 unspecified atom stereocenters. The molecule has 5 nitrogen and oxygen atoms in total. The smallest absolute Gasteiger partial charge is 0.229 e. The molecule has 0 spiro atoms. The van der Waals surface area contributed by atoms with Gasteiger partial charge in [-0.2, -0.15) is 0 Å². The Hall–Kier alpha value is -1.33. The van der Waals surface area contributed by atoms with Crippen molar-refractivity contribution < 1.29 is 13.9 Å². The second-order valence-corrected chi connectivity index (χ2v) is 4.13. The molecule has 2 heterocycles. The summed E-state index contributed by atoms with van der Waals surface area (Å²) in [5, 5.41) is 0. The first-order valence-corrected chi connectivity index (χ1v) is 5.28. The number of hydrogen-bond acceptors (Lipinski definition) is 4. The molecule has 0 aromatic carbocycles. The fourth-order valence-electron chi connectivity index (χ4n) is 1.84. The quantitative estimate of drug-likeness (QED) is 0.797. The average molecular weight is 224 g/mol. The molecule has 2 rings (SSSR count). The SMILES string of the molecule is CN(Cc1ccoc1)C(=O)C1COCC1N. The van der Waals surface area contributed by atoms with Gasteiger partial charge >= 0.3 is 0 Å². The van der Waals surface area contributed by atoms with E-state index in [2.05, 4.69) is 0 Å². The zero-order valence-electron chi connectivity index (χ0n) is 9.26.